The molecular formula is C18H24O5. The molecule has 0 radical (unpaired) electrons. The highest BCUT2D eigenvalue weighted by atomic mass is 16.7. The van der Waals surface area contributed by atoms with Crippen LogP contribution >= 0.6 is 0 Å². The summed E-state index contributed by atoms with van der Waals surface area (Å²) in [5.41, 5.74) is 2.58. The van der Waals surface area contributed by atoms with Gasteiger partial charge in [0.1, 0.15) is 17.1 Å². The standard InChI is InChI=1S/C18H24O5/c1-6-21-16(19)7-8-18(4)10-14-13(3)15(22-11-20-5)9-12(2)17(14)23-18/h7-9H,6,10-11H2,1-5H3/b8-7+. The number of aryl methyl sites for hydroxylation is 1. The van der Waals surface area contributed by atoms with Gasteiger partial charge in [-0.15, -0.1) is 0 Å². The highest BCUT2D eigenvalue weighted by Crippen LogP contribution is 2.43. The minimum atomic E-state index is -0.565. The summed E-state index contributed by atoms with van der Waals surface area (Å²) in [5, 5.41) is 0. The number of rotatable bonds is 6. The van der Waals surface area contributed by atoms with Gasteiger partial charge in [-0.2, -0.15) is 0 Å². The van der Waals surface area contributed by atoms with E-state index in [1.807, 2.05) is 26.8 Å². The molecule has 1 heterocycles. The quantitative estimate of drug-likeness (QED) is 0.458. The number of carbonyl (C=O) groups is 1. The lowest BCUT2D eigenvalue weighted by atomic mass is 9.94. The van der Waals surface area contributed by atoms with Gasteiger partial charge in [0.15, 0.2) is 6.79 Å². The van der Waals surface area contributed by atoms with Gasteiger partial charge in [0.2, 0.25) is 0 Å². The smallest absolute Gasteiger partial charge is 0.330 e. The number of benzene rings is 1. The molecule has 2 rings (SSSR count). The fourth-order valence-electron chi connectivity index (χ4n) is 2.70. The van der Waals surface area contributed by atoms with Gasteiger partial charge < -0.3 is 18.9 Å². The molecule has 1 aliphatic heterocycles. The average molecular weight is 320 g/mol. The molecule has 0 amide bonds. The second kappa shape index (κ2) is 7.04. The molecule has 5 heteroatoms. The lowest BCUT2D eigenvalue weighted by Gasteiger charge is -2.19. The second-order valence-electron chi connectivity index (χ2n) is 5.85. The first-order valence-electron chi connectivity index (χ1n) is 7.70. The summed E-state index contributed by atoms with van der Waals surface area (Å²) in [5.74, 6) is 1.31. The Kier molecular flexibility index (Phi) is 5.31. The van der Waals surface area contributed by atoms with E-state index >= 15 is 0 Å². The first-order chi connectivity index (χ1) is 10.9. The molecule has 126 valence electrons. The monoisotopic (exact) mass is 320 g/mol. The SMILES string of the molecule is CCOC(=O)/C=C/C1(C)Cc2c(C)c(OCOC)cc(C)c2O1. The zero-order chi connectivity index (χ0) is 17.0. The molecule has 0 saturated heterocycles. The molecule has 0 fully saturated rings. The summed E-state index contributed by atoms with van der Waals surface area (Å²) in [6.07, 6.45) is 3.87. The fourth-order valence-corrected chi connectivity index (χ4v) is 2.70. The van der Waals surface area contributed by atoms with E-state index in [4.69, 9.17) is 18.9 Å². The Morgan fingerprint density at radius 2 is 2.17 bits per heavy atom. The molecule has 1 aliphatic rings. The molecule has 0 aliphatic carbocycles. The zero-order valence-electron chi connectivity index (χ0n) is 14.4. The third-order valence-corrected chi connectivity index (χ3v) is 3.86. The zero-order valence-corrected chi connectivity index (χ0v) is 14.4. The lowest BCUT2D eigenvalue weighted by molar-refractivity contribution is -0.137. The van der Waals surface area contributed by atoms with Crippen LogP contribution < -0.4 is 9.47 Å². The van der Waals surface area contributed by atoms with Crippen LogP contribution in [0.15, 0.2) is 18.2 Å². The van der Waals surface area contributed by atoms with Gasteiger partial charge in [-0.3, -0.25) is 0 Å². The van der Waals surface area contributed by atoms with Crippen LogP contribution in [-0.2, 0) is 20.7 Å². The van der Waals surface area contributed by atoms with E-state index in [9.17, 15) is 4.79 Å². The largest absolute Gasteiger partial charge is 0.483 e. The van der Waals surface area contributed by atoms with Crippen LogP contribution in [0.5, 0.6) is 11.5 Å². The van der Waals surface area contributed by atoms with Crippen LogP contribution in [0.3, 0.4) is 0 Å². The highest BCUT2D eigenvalue weighted by molar-refractivity contribution is 5.82. The van der Waals surface area contributed by atoms with Crippen molar-refractivity contribution in [3.8, 4) is 11.5 Å². The van der Waals surface area contributed by atoms with Crippen molar-refractivity contribution in [2.75, 3.05) is 20.5 Å². The van der Waals surface area contributed by atoms with Gasteiger partial charge in [-0.05, 0) is 51.0 Å². The van der Waals surface area contributed by atoms with Gasteiger partial charge in [-0.1, -0.05) is 0 Å². The van der Waals surface area contributed by atoms with Crippen LogP contribution in [0.25, 0.3) is 0 Å². The van der Waals surface area contributed by atoms with E-state index in [0.717, 1.165) is 28.2 Å². The molecule has 1 aromatic carbocycles. The minimum absolute atomic E-state index is 0.208. The Morgan fingerprint density at radius 3 is 2.83 bits per heavy atom. The molecule has 1 atom stereocenters. The van der Waals surface area contributed by atoms with Gasteiger partial charge >= 0.3 is 5.97 Å². The Balaban J connectivity index is 2.24. The van der Waals surface area contributed by atoms with Gasteiger partial charge in [0.05, 0.1) is 6.61 Å². The van der Waals surface area contributed by atoms with E-state index in [1.165, 1.54) is 6.08 Å². The van der Waals surface area contributed by atoms with Gasteiger partial charge in [-0.25, -0.2) is 4.79 Å². The lowest BCUT2D eigenvalue weighted by Crippen LogP contribution is -2.27. The van der Waals surface area contributed by atoms with Crippen molar-refractivity contribution in [2.24, 2.45) is 0 Å². The van der Waals surface area contributed by atoms with Crippen molar-refractivity contribution in [1.82, 2.24) is 0 Å². The molecule has 0 aromatic heterocycles. The number of fused-ring (bicyclic) bond motifs is 1. The van der Waals surface area contributed by atoms with Gasteiger partial charge in [0, 0.05) is 25.2 Å². The number of hydrogen-bond acceptors (Lipinski definition) is 5. The number of methoxy groups -OCH3 is 1. The van der Waals surface area contributed by atoms with Crippen LogP contribution in [0.4, 0.5) is 0 Å². The molecule has 5 nitrogen and oxygen atoms in total. The first kappa shape index (κ1) is 17.3. The summed E-state index contributed by atoms with van der Waals surface area (Å²) < 4.78 is 21.6. The summed E-state index contributed by atoms with van der Waals surface area (Å²) >= 11 is 0. The Hall–Kier alpha value is -2.01. The molecule has 0 saturated carbocycles. The number of hydrogen-bond donors (Lipinski definition) is 0. The molecule has 0 N–H and O–H groups in total. The van der Waals surface area contributed by atoms with Crippen LogP contribution in [-0.4, -0.2) is 32.1 Å². The van der Waals surface area contributed by atoms with E-state index in [1.54, 1.807) is 20.1 Å². The predicted octanol–water partition coefficient (Wildman–Crippen LogP) is 3.10. The first-order valence-corrected chi connectivity index (χ1v) is 7.70. The topological polar surface area (TPSA) is 54.0 Å². The van der Waals surface area contributed by atoms with Crippen LogP contribution in [0, 0.1) is 13.8 Å². The van der Waals surface area contributed by atoms with Crippen LogP contribution in [0.2, 0.25) is 0 Å². The van der Waals surface area contributed by atoms with Crippen molar-refractivity contribution < 1.29 is 23.7 Å². The summed E-state index contributed by atoms with van der Waals surface area (Å²) in [7, 11) is 1.59. The van der Waals surface area contributed by atoms with E-state index in [0.29, 0.717) is 13.0 Å². The molecular weight excluding hydrogens is 296 g/mol. The second-order valence-corrected chi connectivity index (χ2v) is 5.85. The number of ether oxygens (including phenoxy) is 4. The Bertz CT molecular complexity index is 620. The van der Waals surface area contributed by atoms with Crippen molar-refractivity contribution in [1.29, 1.82) is 0 Å². The predicted molar refractivity (Wildman–Crippen MR) is 86.9 cm³/mol. The third-order valence-electron chi connectivity index (χ3n) is 3.86. The van der Waals surface area contributed by atoms with Gasteiger partial charge in [0.25, 0.3) is 0 Å². The summed E-state index contributed by atoms with van der Waals surface area (Å²) in [4.78, 5) is 11.5. The van der Waals surface area contributed by atoms with Crippen molar-refractivity contribution >= 4 is 5.97 Å². The fraction of sp³-hybridized carbons (Fsp3) is 0.500. The minimum Gasteiger partial charge on any atom is -0.483 e. The third kappa shape index (κ3) is 3.85. The highest BCUT2D eigenvalue weighted by Gasteiger charge is 2.35. The number of esters is 1. The molecule has 0 spiro atoms. The Morgan fingerprint density at radius 1 is 1.43 bits per heavy atom. The van der Waals surface area contributed by atoms with E-state index in [-0.39, 0.29) is 12.8 Å². The molecule has 0 bridgehead atoms. The van der Waals surface area contributed by atoms with Crippen LogP contribution in [0.1, 0.15) is 30.5 Å². The number of carbonyl (C=O) groups excluding carboxylic acids is 1. The van der Waals surface area contributed by atoms with E-state index in [2.05, 4.69) is 0 Å². The van der Waals surface area contributed by atoms with E-state index < -0.39 is 5.60 Å². The Labute approximate surface area is 137 Å². The van der Waals surface area contributed by atoms with Crippen molar-refractivity contribution in [2.45, 2.75) is 39.7 Å². The maximum absolute atomic E-state index is 11.5. The van der Waals surface area contributed by atoms with Crippen molar-refractivity contribution in [3.63, 3.8) is 0 Å². The molecule has 1 aromatic rings. The van der Waals surface area contributed by atoms with Crippen molar-refractivity contribution in [3.05, 3.63) is 34.9 Å². The maximum Gasteiger partial charge on any atom is 0.330 e. The summed E-state index contributed by atoms with van der Waals surface area (Å²) in [6, 6.07) is 1.95. The molecule has 23 heavy (non-hydrogen) atoms. The maximum atomic E-state index is 11.5. The molecule has 1 unspecified atom stereocenters. The normalized spacial score (nSPS) is 19.5. The summed E-state index contributed by atoms with van der Waals surface area (Å²) in [6.45, 7) is 8.30. The average Bonchev–Trinajstić information content (AvgIpc) is 2.87.